The Kier molecular flexibility index (Phi) is 30.9. The van der Waals surface area contributed by atoms with Crippen LogP contribution in [0.25, 0.3) is 0 Å². The molecule has 0 N–H and O–H groups in total. The van der Waals surface area contributed by atoms with Crippen LogP contribution in [0, 0.1) is 37.1 Å². The van der Waals surface area contributed by atoms with Gasteiger partial charge in [0.25, 0.3) is 0 Å². The summed E-state index contributed by atoms with van der Waals surface area (Å²) < 4.78 is 99.6. The molecule has 0 bridgehead atoms. The predicted octanol–water partition coefficient (Wildman–Crippen LogP) is 17.2. The molecule has 27 nitrogen and oxygen atoms in total. The first-order valence-electron chi connectivity index (χ1n) is 37.2. The maximum absolute atomic E-state index is 14.0. The number of hydrogen-bond acceptors (Lipinski definition) is 28. The molecule has 15 aromatic rings. The number of Topliss-reactive ketones (excluding diaryl/α,β-unsaturated/α-hetero) is 5. The summed E-state index contributed by atoms with van der Waals surface area (Å²) in [6.45, 7) is 3.60. The highest BCUT2D eigenvalue weighted by Crippen LogP contribution is 2.33. The molecule has 0 saturated heterocycles. The van der Waals surface area contributed by atoms with E-state index in [0.29, 0.717) is 85.6 Å². The van der Waals surface area contributed by atoms with E-state index in [9.17, 15) is 54.7 Å². The van der Waals surface area contributed by atoms with Gasteiger partial charge in [0.2, 0.25) is 5.89 Å². The summed E-state index contributed by atoms with van der Waals surface area (Å²) in [6, 6.07) is 30.6. The van der Waals surface area contributed by atoms with Crippen molar-refractivity contribution < 1.29 is 59.1 Å². The highest BCUT2D eigenvalue weighted by Gasteiger charge is 2.31. The number of anilines is 10. The molecule has 36 heteroatoms. The molecule has 5 aromatic carbocycles. The quantitative estimate of drug-likeness (QED) is 0.0379. The second-order valence-corrected chi connectivity index (χ2v) is 28.5. The summed E-state index contributed by atoms with van der Waals surface area (Å²) in [4.78, 5) is 135. The molecular weight excluding hydrogens is 1650 g/mol. The molecule has 0 atom stereocenters. The van der Waals surface area contributed by atoms with Crippen LogP contribution >= 0.6 is 22.9 Å². The Bertz CT molecular complexity index is 6130. The first-order chi connectivity index (χ1) is 59.5. The lowest BCUT2D eigenvalue weighted by Crippen LogP contribution is -2.13. The molecule has 0 aliphatic heterocycles. The third-order valence-electron chi connectivity index (χ3n) is 18.1. The van der Waals surface area contributed by atoms with Crippen LogP contribution < -0.4 is 24.5 Å². The number of ketones is 5. The van der Waals surface area contributed by atoms with E-state index in [1.807, 2.05) is 48.5 Å². The Morgan fingerprint density at radius 3 is 1.15 bits per heavy atom. The predicted molar refractivity (Wildman–Crippen MR) is 451 cm³/mol. The fraction of sp³-hybridized carbons (Fsp3) is 0.148. The minimum atomic E-state index is -4.53. The molecule has 0 aliphatic rings. The molecular formula is C88H73ClF7N21O6S. The molecule has 0 aliphatic carbocycles. The Balaban J connectivity index is 0.000000151. The second-order valence-electron chi connectivity index (χ2n) is 27.0. The standard InChI is InChI=1S/C19H14F4N4O.C18H14ClFN4O.C18H16FN5O.C17H15FN4O2.C16H14N4OS/c1-27(17-9-24-11-25-10-17)16-5-12(4-14(20)7-16)18(28)8-15-6-13(2-3-26-15)19(21,22)23;1-24(17-9-21-11-22-10-17)16-5-12(4-14(20)6-16)18(25)7-15-3-2-13(19)8-23-15;1-12-3-4-22-18(23-12)8-17(25)13-5-14(19)7-15(6-13)24(2)16-9-20-11-21-10-16;1-11-9-24-17(21-11)6-16(23)12-3-13(18)5-14(4-12)22(2)15-7-19-10-20-8-15;1-20(14-9-17-11-18-10-14)13-4-2-3-12(7-13)15(21)8-16-19-5-6-22-16/h2-7,9-11H,8H2,1H3;2-6,8-11H,7H2,1H3;3-7,9-11H,8H2,1-2H3;3-5,7-10H,6H2,1-2H3;2-7,9-11H,8H2,1H3. The van der Waals surface area contributed by atoms with Crippen molar-refractivity contribution >= 4 is 109 Å². The number of carbonyl (C=O) groups is 5. The number of oxazole rings is 1. The van der Waals surface area contributed by atoms with Crippen LogP contribution in [0.2, 0.25) is 5.02 Å². The minimum Gasteiger partial charge on any atom is -0.448 e. The molecule has 0 radical (unpaired) electrons. The van der Waals surface area contributed by atoms with Gasteiger partial charge in [-0.1, -0.05) is 23.7 Å². The van der Waals surface area contributed by atoms with E-state index < -0.39 is 40.8 Å². The molecule has 0 amide bonds. The van der Waals surface area contributed by atoms with Gasteiger partial charge in [-0.05, 0) is 129 Å². The number of nitrogens with zero attached hydrogens (tertiary/aromatic N) is 21. The average Bonchev–Trinajstić information content (AvgIpc) is 0.869. The van der Waals surface area contributed by atoms with Crippen molar-refractivity contribution in [3.8, 4) is 0 Å². The number of thiazole rings is 1. The highest BCUT2D eigenvalue weighted by atomic mass is 35.5. The second kappa shape index (κ2) is 42.7. The fourth-order valence-electron chi connectivity index (χ4n) is 11.6. The number of aromatic nitrogens is 16. The van der Waals surface area contributed by atoms with Gasteiger partial charge in [0.1, 0.15) is 72.0 Å². The molecule has 628 valence electrons. The summed E-state index contributed by atoms with van der Waals surface area (Å²) in [7, 11) is 8.83. The molecule has 0 spiro atoms. The minimum absolute atomic E-state index is 0.0166. The van der Waals surface area contributed by atoms with Gasteiger partial charge < -0.3 is 28.9 Å². The zero-order chi connectivity index (χ0) is 88.4. The van der Waals surface area contributed by atoms with E-state index in [4.69, 9.17) is 16.0 Å². The monoisotopic (exact) mass is 1720 g/mol. The number of pyridine rings is 2. The van der Waals surface area contributed by atoms with E-state index in [0.717, 1.165) is 46.5 Å². The summed E-state index contributed by atoms with van der Waals surface area (Å²) in [5, 5.41) is 3.21. The lowest BCUT2D eigenvalue weighted by molar-refractivity contribution is -0.137. The van der Waals surface area contributed by atoms with Crippen molar-refractivity contribution in [3.63, 3.8) is 0 Å². The van der Waals surface area contributed by atoms with Gasteiger partial charge in [0.15, 0.2) is 28.9 Å². The van der Waals surface area contributed by atoms with Gasteiger partial charge in [0.05, 0.1) is 139 Å². The van der Waals surface area contributed by atoms with Crippen LogP contribution in [-0.4, -0.2) is 144 Å². The average molecular weight is 1720 g/mol. The van der Waals surface area contributed by atoms with Crippen LogP contribution in [0.1, 0.15) is 96.9 Å². The van der Waals surface area contributed by atoms with Gasteiger partial charge in [-0.15, -0.1) is 11.3 Å². The topological polar surface area (TPSA) is 321 Å². The Morgan fingerprint density at radius 1 is 0.371 bits per heavy atom. The van der Waals surface area contributed by atoms with Crippen molar-refractivity contribution in [3.05, 3.63) is 359 Å². The van der Waals surface area contributed by atoms with Crippen LogP contribution in [0.4, 0.5) is 87.6 Å². The molecule has 0 saturated carbocycles. The number of alkyl halides is 3. The van der Waals surface area contributed by atoms with E-state index in [1.165, 1.54) is 116 Å². The lowest BCUT2D eigenvalue weighted by atomic mass is 10.0. The van der Waals surface area contributed by atoms with Crippen LogP contribution in [-0.2, 0) is 38.3 Å². The first-order valence-corrected chi connectivity index (χ1v) is 38.4. The van der Waals surface area contributed by atoms with Gasteiger partial charge in [0, 0.05) is 139 Å². The maximum Gasteiger partial charge on any atom is 0.416 e. The third-order valence-corrected chi connectivity index (χ3v) is 19.1. The molecule has 124 heavy (non-hydrogen) atoms. The number of aryl methyl sites for hydroxylation is 2. The van der Waals surface area contributed by atoms with Gasteiger partial charge in [-0.25, -0.2) is 87.3 Å². The number of carbonyl (C=O) groups excluding carboxylic acids is 5. The zero-order valence-electron chi connectivity index (χ0n) is 67.1. The molecule has 10 heterocycles. The van der Waals surface area contributed by atoms with Gasteiger partial charge >= 0.3 is 6.18 Å². The van der Waals surface area contributed by atoms with Crippen molar-refractivity contribution in [1.82, 2.24) is 79.7 Å². The van der Waals surface area contributed by atoms with Crippen molar-refractivity contribution in [2.45, 2.75) is 52.1 Å². The SMILES string of the molecule is CN(c1cncnc1)c1cc(F)cc(C(=O)Cc2cc(C(F)(F)F)ccn2)c1.CN(c1cncnc1)c1cc(F)cc(C(=O)Cc2ccc(Cl)cn2)c1.CN(c1cncnc1)c1cccc(C(=O)Cc2nccs2)c1.Cc1ccnc(CC(=O)c2cc(F)cc(N(C)c3cncnc3)c2)n1.Cc1coc(CC(=O)c2cc(F)cc(N(C)c3cncnc3)c2)n1. The smallest absolute Gasteiger partial charge is 0.416 e. The number of halogens is 8. The van der Waals surface area contributed by atoms with Crippen LogP contribution in [0.15, 0.2) is 262 Å². The zero-order valence-corrected chi connectivity index (χ0v) is 68.6. The number of hydrogen-bond donors (Lipinski definition) is 0. The van der Waals surface area contributed by atoms with Gasteiger partial charge in [-0.3, -0.25) is 33.9 Å². The maximum atomic E-state index is 14.0. The summed E-state index contributed by atoms with van der Waals surface area (Å²) in [5.74, 6) is -2.63. The van der Waals surface area contributed by atoms with Crippen molar-refractivity contribution in [1.29, 1.82) is 0 Å². The van der Waals surface area contributed by atoms with E-state index >= 15 is 0 Å². The largest absolute Gasteiger partial charge is 0.448 e. The highest BCUT2D eigenvalue weighted by molar-refractivity contribution is 7.09. The Morgan fingerprint density at radius 2 is 0.766 bits per heavy atom. The normalized spacial score (nSPS) is 10.7. The van der Waals surface area contributed by atoms with Crippen molar-refractivity contribution in [2.24, 2.45) is 0 Å². The van der Waals surface area contributed by atoms with E-state index in [2.05, 4.69) is 79.7 Å². The summed E-state index contributed by atoms with van der Waals surface area (Å²) in [6.07, 6.45) is 26.0. The van der Waals surface area contributed by atoms with E-state index in [-0.39, 0.29) is 76.8 Å². The number of rotatable bonds is 25. The number of benzene rings is 5. The fourth-order valence-corrected chi connectivity index (χ4v) is 12.3. The molecule has 0 unspecified atom stereocenters. The van der Waals surface area contributed by atoms with Gasteiger partial charge in [-0.2, -0.15) is 13.2 Å². The van der Waals surface area contributed by atoms with Crippen molar-refractivity contribution in [2.75, 3.05) is 59.7 Å². The molecule has 0 fully saturated rings. The summed E-state index contributed by atoms with van der Waals surface area (Å²) >= 11 is 7.28. The molecule has 10 aromatic heterocycles. The van der Waals surface area contributed by atoms with Crippen LogP contribution in [0.5, 0.6) is 0 Å². The Labute approximate surface area is 714 Å². The summed E-state index contributed by atoms with van der Waals surface area (Å²) in [5.41, 5.74) is 8.98. The Hall–Kier alpha value is -15.1. The van der Waals surface area contributed by atoms with Crippen LogP contribution in [0.3, 0.4) is 0 Å². The third kappa shape index (κ3) is 25.9. The first kappa shape index (κ1) is 89.7. The van der Waals surface area contributed by atoms with E-state index in [1.54, 1.807) is 153 Å². The molecule has 15 rings (SSSR count). The lowest BCUT2D eigenvalue weighted by Gasteiger charge is -2.19.